The van der Waals surface area contributed by atoms with Gasteiger partial charge in [0.05, 0.1) is 6.54 Å². The molecule has 2 rings (SSSR count). The summed E-state index contributed by atoms with van der Waals surface area (Å²) in [5.74, 6) is 1.45. The van der Waals surface area contributed by atoms with Gasteiger partial charge >= 0.3 is 0 Å². The molecule has 0 bridgehead atoms. The number of carbonyl (C=O) groups is 1. The number of anilines is 2. The summed E-state index contributed by atoms with van der Waals surface area (Å²) in [6, 6.07) is 7.28. The zero-order valence-electron chi connectivity index (χ0n) is 11.7. The molecule has 19 heavy (non-hydrogen) atoms. The van der Waals surface area contributed by atoms with Crippen molar-refractivity contribution >= 4 is 17.3 Å². The van der Waals surface area contributed by atoms with Crippen LogP contribution in [-0.2, 0) is 4.79 Å². The van der Waals surface area contributed by atoms with Crippen LogP contribution in [0.5, 0.6) is 0 Å². The molecule has 1 fully saturated rings. The lowest BCUT2D eigenvalue weighted by Crippen LogP contribution is -2.42. The number of amides is 1. The van der Waals surface area contributed by atoms with Gasteiger partial charge in [0.1, 0.15) is 0 Å². The predicted molar refractivity (Wildman–Crippen MR) is 78.9 cm³/mol. The minimum atomic E-state index is 0.0346. The molecule has 1 aromatic carbocycles. The van der Waals surface area contributed by atoms with Crippen LogP contribution in [0, 0.1) is 11.8 Å². The van der Waals surface area contributed by atoms with Crippen molar-refractivity contribution in [3.63, 3.8) is 0 Å². The Hall–Kier alpha value is -1.55. The highest BCUT2D eigenvalue weighted by atomic mass is 16.2. The summed E-state index contributed by atoms with van der Waals surface area (Å²) in [7, 11) is 0. The van der Waals surface area contributed by atoms with Gasteiger partial charge < -0.3 is 11.1 Å². The van der Waals surface area contributed by atoms with Crippen molar-refractivity contribution in [2.24, 2.45) is 11.8 Å². The van der Waals surface area contributed by atoms with E-state index in [0.717, 1.165) is 24.7 Å². The average Bonchev–Trinajstić information content (AvgIpc) is 2.34. The van der Waals surface area contributed by atoms with Gasteiger partial charge in [-0.15, -0.1) is 0 Å². The maximum atomic E-state index is 12.0. The molecule has 4 nitrogen and oxygen atoms in total. The van der Waals surface area contributed by atoms with Crippen molar-refractivity contribution in [2.75, 3.05) is 30.7 Å². The third kappa shape index (κ3) is 3.96. The van der Waals surface area contributed by atoms with Crippen molar-refractivity contribution in [3.8, 4) is 0 Å². The maximum absolute atomic E-state index is 12.0. The number of nitrogens with one attached hydrogen (secondary N) is 1. The van der Waals surface area contributed by atoms with Crippen LogP contribution in [0.1, 0.15) is 20.3 Å². The van der Waals surface area contributed by atoms with E-state index in [-0.39, 0.29) is 5.91 Å². The highest BCUT2D eigenvalue weighted by molar-refractivity contribution is 5.92. The monoisotopic (exact) mass is 261 g/mol. The lowest BCUT2D eigenvalue weighted by atomic mass is 9.89. The van der Waals surface area contributed by atoms with Crippen LogP contribution in [0.3, 0.4) is 0 Å². The van der Waals surface area contributed by atoms with Gasteiger partial charge in [-0.1, -0.05) is 19.9 Å². The molecule has 104 valence electrons. The van der Waals surface area contributed by atoms with Gasteiger partial charge in [0.15, 0.2) is 0 Å². The number of hydrogen-bond donors (Lipinski definition) is 2. The topological polar surface area (TPSA) is 58.4 Å². The van der Waals surface area contributed by atoms with Gasteiger partial charge in [-0.3, -0.25) is 9.69 Å². The van der Waals surface area contributed by atoms with E-state index in [9.17, 15) is 4.79 Å². The van der Waals surface area contributed by atoms with Crippen LogP contribution >= 0.6 is 0 Å². The molecular formula is C15H23N3O. The number of nitrogen functional groups attached to an aromatic ring is 1. The molecule has 2 unspecified atom stereocenters. The molecule has 0 aromatic heterocycles. The van der Waals surface area contributed by atoms with E-state index in [0.29, 0.717) is 18.2 Å². The Labute approximate surface area is 115 Å². The second kappa shape index (κ2) is 6.06. The van der Waals surface area contributed by atoms with E-state index in [1.54, 1.807) is 6.07 Å². The van der Waals surface area contributed by atoms with E-state index < -0.39 is 0 Å². The number of nitrogens with zero attached hydrogens (tertiary/aromatic N) is 1. The molecule has 2 atom stereocenters. The highest BCUT2D eigenvalue weighted by Crippen LogP contribution is 2.22. The number of rotatable bonds is 3. The molecule has 0 aliphatic carbocycles. The van der Waals surface area contributed by atoms with Crippen molar-refractivity contribution in [1.29, 1.82) is 0 Å². The second-order valence-electron chi connectivity index (χ2n) is 5.65. The van der Waals surface area contributed by atoms with E-state index in [1.165, 1.54) is 6.42 Å². The van der Waals surface area contributed by atoms with Gasteiger partial charge in [-0.25, -0.2) is 0 Å². The molecule has 0 spiro atoms. The SMILES string of the molecule is CC1CCN(CC(=O)Nc2cccc(N)c2)CC1C. The van der Waals surface area contributed by atoms with E-state index >= 15 is 0 Å². The first-order valence-electron chi connectivity index (χ1n) is 6.92. The third-order valence-electron chi connectivity index (χ3n) is 3.96. The zero-order chi connectivity index (χ0) is 13.8. The first kappa shape index (κ1) is 13.9. The Bertz CT molecular complexity index is 447. The van der Waals surface area contributed by atoms with Crippen LogP contribution in [-0.4, -0.2) is 30.4 Å². The Kier molecular flexibility index (Phi) is 4.43. The van der Waals surface area contributed by atoms with Crippen molar-refractivity contribution in [2.45, 2.75) is 20.3 Å². The normalized spacial score (nSPS) is 24.1. The van der Waals surface area contributed by atoms with E-state index in [2.05, 4.69) is 24.1 Å². The average molecular weight is 261 g/mol. The van der Waals surface area contributed by atoms with Crippen LogP contribution in [0.15, 0.2) is 24.3 Å². The zero-order valence-corrected chi connectivity index (χ0v) is 11.7. The Morgan fingerprint density at radius 2 is 2.21 bits per heavy atom. The largest absolute Gasteiger partial charge is 0.399 e. The van der Waals surface area contributed by atoms with Crippen molar-refractivity contribution in [3.05, 3.63) is 24.3 Å². The van der Waals surface area contributed by atoms with Gasteiger partial charge in [0.2, 0.25) is 5.91 Å². The predicted octanol–water partition coefficient (Wildman–Crippen LogP) is 2.19. The van der Waals surface area contributed by atoms with Crippen LogP contribution in [0.25, 0.3) is 0 Å². The quantitative estimate of drug-likeness (QED) is 0.820. The Balaban J connectivity index is 1.85. The van der Waals surface area contributed by atoms with Crippen molar-refractivity contribution < 1.29 is 4.79 Å². The van der Waals surface area contributed by atoms with Gasteiger partial charge in [-0.2, -0.15) is 0 Å². The maximum Gasteiger partial charge on any atom is 0.238 e. The molecule has 1 heterocycles. The van der Waals surface area contributed by atoms with E-state index in [4.69, 9.17) is 5.73 Å². The molecular weight excluding hydrogens is 238 g/mol. The summed E-state index contributed by atoms with van der Waals surface area (Å²) in [4.78, 5) is 14.2. The summed E-state index contributed by atoms with van der Waals surface area (Å²) in [5, 5.41) is 2.90. The molecule has 0 radical (unpaired) electrons. The fraction of sp³-hybridized carbons (Fsp3) is 0.533. The molecule has 1 aliphatic heterocycles. The Morgan fingerprint density at radius 3 is 2.89 bits per heavy atom. The molecule has 0 saturated carbocycles. The summed E-state index contributed by atoms with van der Waals surface area (Å²) >= 11 is 0. The molecule has 1 amide bonds. The summed E-state index contributed by atoms with van der Waals surface area (Å²) in [6.07, 6.45) is 1.17. The standard InChI is InChI=1S/C15H23N3O/c1-11-6-7-18(9-12(11)2)10-15(19)17-14-5-3-4-13(16)8-14/h3-5,8,11-12H,6-7,9-10,16H2,1-2H3,(H,17,19). The molecule has 1 aromatic rings. The third-order valence-corrected chi connectivity index (χ3v) is 3.96. The van der Waals surface area contributed by atoms with E-state index in [1.807, 2.05) is 18.2 Å². The second-order valence-corrected chi connectivity index (χ2v) is 5.65. The first-order valence-corrected chi connectivity index (χ1v) is 6.92. The molecule has 3 N–H and O–H groups in total. The highest BCUT2D eigenvalue weighted by Gasteiger charge is 2.23. The number of piperidine rings is 1. The summed E-state index contributed by atoms with van der Waals surface area (Å²) in [6.45, 7) is 7.02. The molecule has 1 saturated heterocycles. The van der Waals surface area contributed by atoms with Crippen LogP contribution in [0.2, 0.25) is 0 Å². The number of hydrogen-bond acceptors (Lipinski definition) is 3. The lowest BCUT2D eigenvalue weighted by molar-refractivity contribution is -0.117. The molecule has 4 heteroatoms. The minimum Gasteiger partial charge on any atom is -0.399 e. The number of benzene rings is 1. The summed E-state index contributed by atoms with van der Waals surface area (Å²) < 4.78 is 0. The fourth-order valence-corrected chi connectivity index (χ4v) is 2.51. The first-order chi connectivity index (χ1) is 9.04. The lowest BCUT2D eigenvalue weighted by Gasteiger charge is -2.34. The van der Waals surface area contributed by atoms with Crippen molar-refractivity contribution in [1.82, 2.24) is 4.90 Å². The van der Waals surface area contributed by atoms with Crippen LogP contribution in [0.4, 0.5) is 11.4 Å². The number of carbonyl (C=O) groups excluding carboxylic acids is 1. The fourth-order valence-electron chi connectivity index (χ4n) is 2.51. The van der Waals surface area contributed by atoms with Gasteiger partial charge in [-0.05, 0) is 43.0 Å². The minimum absolute atomic E-state index is 0.0346. The van der Waals surface area contributed by atoms with Gasteiger partial charge in [0.25, 0.3) is 0 Å². The summed E-state index contributed by atoms with van der Waals surface area (Å²) in [5.41, 5.74) is 7.12. The number of nitrogens with two attached hydrogens (primary N) is 1. The molecule has 1 aliphatic rings. The number of likely N-dealkylation sites (tertiary alicyclic amines) is 1. The van der Waals surface area contributed by atoms with Gasteiger partial charge in [0, 0.05) is 17.9 Å². The van der Waals surface area contributed by atoms with Crippen LogP contribution < -0.4 is 11.1 Å². The smallest absolute Gasteiger partial charge is 0.238 e. The Morgan fingerprint density at radius 1 is 1.42 bits per heavy atom.